The Bertz CT molecular complexity index is 585. The summed E-state index contributed by atoms with van der Waals surface area (Å²) < 4.78 is 0. The second kappa shape index (κ2) is 16.1. The first kappa shape index (κ1) is 29.6. The number of allylic oxidation sites excluding steroid dienone is 8. The van der Waals surface area contributed by atoms with Crippen molar-refractivity contribution < 1.29 is 51.0 Å². The summed E-state index contributed by atoms with van der Waals surface area (Å²) in [4.78, 5) is 0. The Morgan fingerprint density at radius 2 is 1.64 bits per heavy atom. The number of hydrogen-bond donors (Lipinski definition) is 0. The van der Waals surface area contributed by atoms with Gasteiger partial charge in [0, 0.05) is 0 Å². The molecule has 1 atom stereocenters. The molecule has 3 rings (SSSR count). The van der Waals surface area contributed by atoms with E-state index in [0.29, 0.717) is 5.92 Å². The Kier molecular flexibility index (Phi) is 19.0. The second-order valence-corrected chi connectivity index (χ2v) is 6.16. The van der Waals surface area contributed by atoms with E-state index in [-0.39, 0.29) is 51.0 Å². The normalized spacial score (nSPS) is 16.2. The summed E-state index contributed by atoms with van der Waals surface area (Å²) in [5, 5.41) is 1.17. The molecule has 0 spiro atoms. The van der Waals surface area contributed by atoms with Crippen molar-refractivity contribution in [2.75, 3.05) is 0 Å². The van der Waals surface area contributed by atoms with E-state index in [2.05, 4.69) is 69.2 Å². The summed E-state index contributed by atoms with van der Waals surface area (Å²) in [6.07, 6.45) is 13.4. The van der Waals surface area contributed by atoms with E-state index in [1.165, 1.54) is 27.5 Å². The van der Waals surface area contributed by atoms with E-state index in [1.807, 2.05) is 30.4 Å². The first-order valence-corrected chi connectivity index (χ1v) is 8.20. The zero-order valence-corrected chi connectivity index (χ0v) is 20.6. The van der Waals surface area contributed by atoms with Crippen LogP contribution >= 0.6 is 0 Å². The summed E-state index contributed by atoms with van der Waals surface area (Å²) in [6, 6.07) is 8.14. The predicted octanol–water partition coefficient (Wildman–Crippen LogP) is -1.18. The van der Waals surface area contributed by atoms with Gasteiger partial charge in [0.25, 0.3) is 0 Å². The Morgan fingerprint density at radius 3 is 1.84 bits per heavy atom. The fourth-order valence-electron chi connectivity index (χ4n) is 2.07. The minimum Gasteiger partial charge on any atom is -1.00 e. The van der Waals surface area contributed by atoms with Gasteiger partial charge in [0.2, 0.25) is 0 Å². The first-order chi connectivity index (χ1) is 10.4. The third-order valence-electron chi connectivity index (χ3n) is 3.97. The van der Waals surface area contributed by atoms with Crippen LogP contribution in [0.2, 0.25) is 0 Å². The van der Waals surface area contributed by atoms with Crippen molar-refractivity contribution in [3.63, 3.8) is 0 Å². The minimum atomic E-state index is 0. The molecule has 0 saturated carbocycles. The molecule has 131 valence electrons. The molecule has 2 aliphatic rings. The van der Waals surface area contributed by atoms with Gasteiger partial charge in [-0.05, 0) is 6.92 Å². The van der Waals surface area contributed by atoms with Crippen LogP contribution < -0.4 is 30.0 Å². The molecular weight excluding hydrogens is 442 g/mol. The molecule has 0 fully saturated rings. The number of rotatable bonds is 0. The fraction of sp³-hybridized carbons (Fsp3) is 0.333. The van der Waals surface area contributed by atoms with Crippen molar-refractivity contribution in [1.29, 1.82) is 0 Å². The van der Waals surface area contributed by atoms with Crippen LogP contribution in [0, 0.1) is 25.0 Å². The molecule has 0 N–H and O–H groups in total. The molecule has 25 heavy (non-hydrogen) atoms. The SMILES string of the molecule is CC1=[C-]C(C)C(C)=C1C.Cc1ccccc1[Si].[C-]1=CC=CC1.[Cl-].[Cl-].[Zr+4]. The number of benzene rings is 1. The monoisotopic (exact) mass is 465 g/mol. The zero-order chi connectivity index (χ0) is 16.5. The van der Waals surface area contributed by atoms with Gasteiger partial charge < -0.3 is 24.8 Å². The van der Waals surface area contributed by atoms with E-state index in [4.69, 9.17) is 0 Å². The van der Waals surface area contributed by atoms with Crippen molar-refractivity contribution >= 4 is 15.4 Å². The molecule has 0 aliphatic heterocycles. The van der Waals surface area contributed by atoms with Crippen molar-refractivity contribution in [3.05, 3.63) is 76.9 Å². The van der Waals surface area contributed by atoms with Crippen molar-refractivity contribution in [1.82, 2.24) is 0 Å². The fourth-order valence-corrected chi connectivity index (χ4v) is 2.25. The van der Waals surface area contributed by atoms with Crippen LogP contribution in [0.15, 0.2) is 59.2 Å². The summed E-state index contributed by atoms with van der Waals surface area (Å²) in [6.45, 7) is 10.7. The molecule has 4 heteroatoms. The molecule has 0 aromatic heterocycles. The Hall–Kier alpha value is -0.140. The van der Waals surface area contributed by atoms with Gasteiger partial charge in [-0.15, -0.1) is 13.3 Å². The maximum absolute atomic E-state index is 3.44. The summed E-state index contributed by atoms with van der Waals surface area (Å²) in [7, 11) is 3.44. The van der Waals surface area contributed by atoms with Gasteiger partial charge in [0.05, 0.1) is 10.2 Å². The van der Waals surface area contributed by atoms with E-state index in [0.717, 1.165) is 6.42 Å². The van der Waals surface area contributed by atoms with Crippen LogP contribution in [0.3, 0.4) is 0 Å². The van der Waals surface area contributed by atoms with Gasteiger partial charge in [-0.1, -0.05) is 61.7 Å². The molecule has 1 unspecified atom stereocenters. The average molecular weight is 468 g/mol. The van der Waals surface area contributed by atoms with Crippen LogP contribution in [-0.2, 0) is 26.2 Å². The number of aryl methyl sites for hydroxylation is 1. The van der Waals surface area contributed by atoms with E-state index in [9.17, 15) is 0 Å². The number of hydrogen-bond acceptors (Lipinski definition) is 0. The smallest absolute Gasteiger partial charge is 1.00 e. The van der Waals surface area contributed by atoms with Gasteiger partial charge in [-0.2, -0.15) is 17.2 Å². The number of halogens is 2. The van der Waals surface area contributed by atoms with Crippen molar-refractivity contribution in [3.8, 4) is 0 Å². The van der Waals surface area contributed by atoms with Crippen LogP contribution in [0.4, 0.5) is 0 Å². The molecule has 0 nitrogen and oxygen atoms in total. The first-order valence-electron chi connectivity index (χ1n) is 7.70. The van der Waals surface area contributed by atoms with Crippen molar-refractivity contribution in [2.24, 2.45) is 5.92 Å². The molecule has 1 aromatic rings. The van der Waals surface area contributed by atoms with Gasteiger partial charge in [0.1, 0.15) is 0 Å². The Balaban J connectivity index is -0.000000282. The molecule has 1 aromatic carbocycles. The summed E-state index contributed by atoms with van der Waals surface area (Å²) >= 11 is 0. The largest absolute Gasteiger partial charge is 4.00 e. The maximum atomic E-state index is 3.44. The van der Waals surface area contributed by atoms with E-state index >= 15 is 0 Å². The third-order valence-corrected chi connectivity index (χ3v) is 4.53. The zero-order valence-electron chi connectivity index (χ0n) is 15.6. The standard InChI is InChI=1S/C9H13.C7H7Si.C5H5.2ClH.Zr/c1-6-5-7(2)9(4)8(6)3;1-6-4-2-3-5-7(6)8;1-2-4-5-3-1;;;/h6H,1-4H3;2-5H,1H3;1-3H,4H2;2*1H;/q-1;;-1;;;+4/p-2. The minimum absolute atomic E-state index is 0. The van der Waals surface area contributed by atoms with Crippen molar-refractivity contribution in [2.45, 2.75) is 41.0 Å². The maximum Gasteiger partial charge on any atom is 4.00 e. The predicted molar refractivity (Wildman–Crippen MR) is 98.1 cm³/mol. The molecule has 0 amide bonds. The van der Waals surface area contributed by atoms with E-state index < -0.39 is 0 Å². The molecule has 0 saturated heterocycles. The Morgan fingerprint density at radius 1 is 1.04 bits per heavy atom. The second-order valence-electron chi connectivity index (χ2n) is 5.62. The summed E-state index contributed by atoms with van der Waals surface area (Å²) in [5.41, 5.74) is 5.53. The van der Waals surface area contributed by atoms with Gasteiger partial charge >= 0.3 is 26.2 Å². The van der Waals surface area contributed by atoms with E-state index in [1.54, 1.807) is 0 Å². The van der Waals surface area contributed by atoms with Gasteiger partial charge in [-0.3, -0.25) is 12.2 Å². The molecular formula is C21H25Cl2SiZr. The third kappa shape index (κ3) is 11.2. The molecule has 0 bridgehead atoms. The molecule has 0 heterocycles. The van der Waals surface area contributed by atoms with Gasteiger partial charge in [0.15, 0.2) is 0 Å². The van der Waals surface area contributed by atoms with Crippen LogP contribution in [0.1, 0.15) is 39.7 Å². The van der Waals surface area contributed by atoms with Crippen LogP contribution in [-0.4, -0.2) is 10.2 Å². The molecule has 3 radical (unpaired) electrons. The van der Waals surface area contributed by atoms with Crippen LogP contribution in [0.25, 0.3) is 0 Å². The van der Waals surface area contributed by atoms with Crippen LogP contribution in [0.5, 0.6) is 0 Å². The van der Waals surface area contributed by atoms with Gasteiger partial charge in [-0.25, -0.2) is 17.7 Å². The Labute approximate surface area is 189 Å². The topological polar surface area (TPSA) is 0 Å². The molecule has 2 aliphatic carbocycles. The summed E-state index contributed by atoms with van der Waals surface area (Å²) in [5.74, 6) is 0.560. The average Bonchev–Trinajstić information content (AvgIpc) is 3.14. The quantitative estimate of drug-likeness (QED) is 0.333.